The first-order valence-electron chi connectivity index (χ1n) is 31.2. The predicted molar refractivity (Wildman–Crippen MR) is 320 cm³/mol. The zero-order valence-electron chi connectivity index (χ0n) is 48.6. The van der Waals surface area contributed by atoms with Gasteiger partial charge in [0.05, 0.1) is 0 Å². The van der Waals surface area contributed by atoms with E-state index in [-0.39, 0.29) is 31.1 Å². The fourth-order valence-corrected chi connectivity index (χ4v) is 8.65. The Hall–Kier alpha value is -3.67. The molecule has 0 saturated carbocycles. The quantitative estimate of drug-likeness (QED) is 0.0261. The second-order valence-corrected chi connectivity index (χ2v) is 20.6. The first kappa shape index (κ1) is 70.3. The van der Waals surface area contributed by atoms with Crippen molar-refractivity contribution in [1.29, 1.82) is 0 Å². The van der Waals surface area contributed by atoms with Gasteiger partial charge in [0, 0.05) is 19.3 Å². The minimum Gasteiger partial charge on any atom is -0.462 e. The van der Waals surface area contributed by atoms with Gasteiger partial charge in [-0.2, -0.15) is 0 Å². The van der Waals surface area contributed by atoms with Crippen molar-refractivity contribution in [3.05, 3.63) is 97.2 Å². The Morgan fingerprint density at radius 2 is 0.527 bits per heavy atom. The molecule has 0 aromatic heterocycles. The Kier molecular flexibility index (Phi) is 58.8. The molecule has 6 heteroatoms. The monoisotopic (exact) mass is 1030 g/mol. The van der Waals surface area contributed by atoms with E-state index in [1.165, 1.54) is 148 Å². The molecule has 0 aliphatic carbocycles. The van der Waals surface area contributed by atoms with Crippen LogP contribution in [0.25, 0.3) is 0 Å². The van der Waals surface area contributed by atoms with Crippen LogP contribution in [0.4, 0.5) is 0 Å². The smallest absolute Gasteiger partial charge is 0.306 e. The number of unbranched alkanes of at least 4 members (excludes halogenated alkanes) is 29. The van der Waals surface area contributed by atoms with E-state index in [0.29, 0.717) is 19.3 Å². The molecule has 424 valence electrons. The van der Waals surface area contributed by atoms with E-state index in [9.17, 15) is 14.4 Å². The summed E-state index contributed by atoms with van der Waals surface area (Å²) in [5.74, 6) is -0.935. The third-order valence-electron chi connectivity index (χ3n) is 13.3. The minimum absolute atomic E-state index is 0.0939. The molecule has 0 spiro atoms. The zero-order valence-corrected chi connectivity index (χ0v) is 48.6. The van der Waals surface area contributed by atoms with Crippen molar-refractivity contribution in [3.63, 3.8) is 0 Å². The minimum atomic E-state index is -0.799. The van der Waals surface area contributed by atoms with Crippen LogP contribution in [-0.4, -0.2) is 37.2 Å². The van der Waals surface area contributed by atoms with Crippen molar-refractivity contribution in [3.8, 4) is 0 Å². The summed E-state index contributed by atoms with van der Waals surface area (Å²) in [5, 5.41) is 0. The standard InChI is InChI=1S/C68H116O6/c1-4-7-10-13-16-19-22-25-28-31-33-34-35-38-40-43-46-49-52-55-58-61-67(70)73-64-65(63-72-66(69)60-57-54-51-48-45-42-39-36-30-27-24-21-18-15-12-9-6-3)74-68(71)62-59-56-53-50-47-44-41-37-32-29-26-23-20-17-14-11-8-5-2/h7,10,16,18-19,21,25,27-28,30,33-34,38,40,46,49,65H,4-6,8-9,11-15,17,20,22-24,26,29,31-32,35-37,39,41-45,47-48,50-64H2,1-3H3/b10-7-,19-16-,21-18-,28-25-,30-27-,34-33-,40-38-,49-46-. The van der Waals surface area contributed by atoms with Crippen LogP contribution in [0.3, 0.4) is 0 Å². The molecule has 0 aliphatic heterocycles. The molecule has 0 heterocycles. The molecule has 0 aromatic carbocycles. The van der Waals surface area contributed by atoms with Gasteiger partial charge >= 0.3 is 17.9 Å². The van der Waals surface area contributed by atoms with Crippen molar-refractivity contribution >= 4 is 17.9 Å². The van der Waals surface area contributed by atoms with Crippen molar-refractivity contribution < 1.29 is 28.6 Å². The number of esters is 3. The number of carbonyl (C=O) groups excluding carboxylic acids is 3. The van der Waals surface area contributed by atoms with Crippen LogP contribution >= 0.6 is 0 Å². The van der Waals surface area contributed by atoms with Crippen LogP contribution in [0.15, 0.2) is 97.2 Å². The first-order valence-corrected chi connectivity index (χ1v) is 31.2. The molecule has 0 rings (SSSR count). The maximum absolute atomic E-state index is 12.9. The highest BCUT2D eigenvalue weighted by atomic mass is 16.6. The third kappa shape index (κ3) is 59.2. The topological polar surface area (TPSA) is 78.9 Å². The number of allylic oxidation sites excluding steroid dienone is 16. The summed E-state index contributed by atoms with van der Waals surface area (Å²) in [6.07, 6.45) is 82.6. The van der Waals surface area contributed by atoms with Gasteiger partial charge in [0.25, 0.3) is 0 Å². The molecule has 0 radical (unpaired) electrons. The second kappa shape index (κ2) is 61.9. The van der Waals surface area contributed by atoms with E-state index in [4.69, 9.17) is 14.2 Å². The SMILES string of the molecule is CC/C=C\C/C=C\C/C=C\C/C=C\C/C=C\C/C=C\CCCCC(=O)OCC(COC(=O)CCCCCCCCC/C=C\C/C=C\CCCCC)OC(=O)CCCCCCCCCCCCCCCCCCCC. The summed E-state index contributed by atoms with van der Waals surface area (Å²) in [5.41, 5.74) is 0. The normalized spacial score (nSPS) is 12.7. The number of hydrogen-bond donors (Lipinski definition) is 0. The van der Waals surface area contributed by atoms with Crippen LogP contribution in [0, 0.1) is 0 Å². The molecule has 6 nitrogen and oxygen atoms in total. The Morgan fingerprint density at radius 3 is 0.878 bits per heavy atom. The van der Waals surface area contributed by atoms with E-state index in [1.807, 2.05) is 0 Å². The highest BCUT2D eigenvalue weighted by Gasteiger charge is 2.19. The summed E-state index contributed by atoms with van der Waals surface area (Å²) in [4.78, 5) is 38.3. The van der Waals surface area contributed by atoms with Crippen molar-refractivity contribution in [2.24, 2.45) is 0 Å². The second-order valence-electron chi connectivity index (χ2n) is 20.6. The van der Waals surface area contributed by atoms with Gasteiger partial charge in [0.1, 0.15) is 13.2 Å². The van der Waals surface area contributed by atoms with Gasteiger partial charge < -0.3 is 14.2 Å². The lowest BCUT2D eigenvalue weighted by atomic mass is 10.0. The molecule has 0 N–H and O–H groups in total. The van der Waals surface area contributed by atoms with E-state index < -0.39 is 6.10 Å². The van der Waals surface area contributed by atoms with Gasteiger partial charge in [0.2, 0.25) is 0 Å². The van der Waals surface area contributed by atoms with Gasteiger partial charge in [-0.1, -0.05) is 272 Å². The van der Waals surface area contributed by atoms with Gasteiger partial charge in [-0.3, -0.25) is 14.4 Å². The average Bonchev–Trinajstić information content (AvgIpc) is 3.40. The molecular formula is C68H116O6. The van der Waals surface area contributed by atoms with E-state index >= 15 is 0 Å². The molecule has 0 aromatic rings. The van der Waals surface area contributed by atoms with Crippen LogP contribution in [0.5, 0.6) is 0 Å². The molecule has 1 unspecified atom stereocenters. The lowest BCUT2D eigenvalue weighted by Crippen LogP contribution is -2.30. The molecular weight excluding hydrogens is 913 g/mol. The number of rotatable bonds is 56. The van der Waals surface area contributed by atoms with Crippen LogP contribution < -0.4 is 0 Å². The predicted octanol–water partition coefficient (Wildman–Crippen LogP) is 21.3. The Labute approximate surface area is 457 Å². The van der Waals surface area contributed by atoms with Crippen LogP contribution in [-0.2, 0) is 28.6 Å². The van der Waals surface area contributed by atoms with Crippen molar-refractivity contribution in [1.82, 2.24) is 0 Å². The maximum Gasteiger partial charge on any atom is 0.306 e. The van der Waals surface area contributed by atoms with Gasteiger partial charge in [-0.15, -0.1) is 0 Å². The summed E-state index contributed by atoms with van der Waals surface area (Å²) < 4.78 is 16.9. The maximum atomic E-state index is 12.9. The Balaban J connectivity index is 4.46. The van der Waals surface area contributed by atoms with E-state index in [1.54, 1.807) is 0 Å². The summed E-state index contributed by atoms with van der Waals surface area (Å²) >= 11 is 0. The van der Waals surface area contributed by atoms with Crippen LogP contribution in [0.2, 0.25) is 0 Å². The van der Waals surface area contributed by atoms with E-state index in [0.717, 1.165) is 109 Å². The van der Waals surface area contributed by atoms with Crippen molar-refractivity contribution in [2.45, 2.75) is 303 Å². The molecule has 0 bridgehead atoms. The molecule has 0 saturated heterocycles. The molecule has 0 aliphatic rings. The summed E-state index contributed by atoms with van der Waals surface area (Å²) in [6, 6.07) is 0. The Morgan fingerprint density at radius 1 is 0.284 bits per heavy atom. The van der Waals surface area contributed by atoms with Gasteiger partial charge in [0.15, 0.2) is 6.10 Å². The van der Waals surface area contributed by atoms with Crippen molar-refractivity contribution in [2.75, 3.05) is 13.2 Å². The fourth-order valence-electron chi connectivity index (χ4n) is 8.65. The Bertz CT molecular complexity index is 1460. The lowest BCUT2D eigenvalue weighted by molar-refractivity contribution is -0.167. The lowest BCUT2D eigenvalue weighted by Gasteiger charge is -2.18. The molecule has 1 atom stereocenters. The first-order chi connectivity index (χ1) is 36.5. The van der Waals surface area contributed by atoms with E-state index in [2.05, 4.69) is 118 Å². The summed E-state index contributed by atoms with van der Waals surface area (Å²) in [6.45, 7) is 6.49. The van der Waals surface area contributed by atoms with Gasteiger partial charge in [-0.25, -0.2) is 0 Å². The third-order valence-corrected chi connectivity index (χ3v) is 13.3. The number of carbonyl (C=O) groups is 3. The zero-order chi connectivity index (χ0) is 53.6. The largest absolute Gasteiger partial charge is 0.462 e. The highest BCUT2D eigenvalue weighted by molar-refractivity contribution is 5.71. The molecule has 0 fully saturated rings. The fraction of sp³-hybridized carbons (Fsp3) is 0.721. The summed E-state index contributed by atoms with van der Waals surface area (Å²) in [7, 11) is 0. The number of hydrogen-bond acceptors (Lipinski definition) is 6. The molecule has 74 heavy (non-hydrogen) atoms. The molecule has 0 amide bonds. The average molecular weight is 1030 g/mol. The number of ether oxygens (including phenoxy) is 3. The highest BCUT2D eigenvalue weighted by Crippen LogP contribution is 2.16. The van der Waals surface area contributed by atoms with Gasteiger partial charge in [-0.05, 0) is 103 Å². The van der Waals surface area contributed by atoms with Crippen LogP contribution in [0.1, 0.15) is 297 Å².